The quantitative estimate of drug-likeness (QED) is 0.234. The van der Waals surface area contributed by atoms with Gasteiger partial charge in [0, 0.05) is 12.1 Å². The second kappa shape index (κ2) is 8.40. The minimum atomic E-state index is -1.11. The molecule has 1 saturated heterocycles. The van der Waals surface area contributed by atoms with E-state index in [2.05, 4.69) is 0 Å². The summed E-state index contributed by atoms with van der Waals surface area (Å²) in [4.78, 5) is 36.7. The number of aryl methyl sites for hydroxylation is 1. The van der Waals surface area contributed by atoms with Crippen molar-refractivity contribution in [1.29, 1.82) is 0 Å². The highest BCUT2D eigenvalue weighted by molar-refractivity contribution is 8.27. The van der Waals surface area contributed by atoms with Gasteiger partial charge in [0.15, 0.2) is 4.32 Å². The molecule has 0 aliphatic carbocycles. The summed E-state index contributed by atoms with van der Waals surface area (Å²) in [5.41, 5.74) is 1.38. The molecular formula is C22H14N2O6S2. The van der Waals surface area contributed by atoms with Crippen LogP contribution in [0.5, 0.6) is 0 Å². The standard InChI is InChI=1S/C22H14N2O6S2/c1-12-6-7-13(21(26)27)10-17(12)23-20(25)19(32-22(23)31)11-14-8-9-18(30-14)15-4-2-3-5-16(15)24(28)29/h2-11H,1H3,(H,26,27). The number of amides is 1. The molecule has 4 rings (SSSR count). The van der Waals surface area contributed by atoms with E-state index in [1.165, 1.54) is 29.2 Å². The van der Waals surface area contributed by atoms with E-state index in [1.807, 2.05) is 0 Å². The van der Waals surface area contributed by atoms with E-state index >= 15 is 0 Å². The number of furan rings is 1. The number of nitrogens with zero attached hydrogens (tertiary/aromatic N) is 2. The number of hydrogen-bond acceptors (Lipinski definition) is 7. The van der Waals surface area contributed by atoms with Crippen LogP contribution in [0.3, 0.4) is 0 Å². The number of carbonyl (C=O) groups is 2. The Morgan fingerprint density at radius 3 is 2.69 bits per heavy atom. The molecule has 32 heavy (non-hydrogen) atoms. The van der Waals surface area contributed by atoms with E-state index in [4.69, 9.17) is 16.6 Å². The smallest absolute Gasteiger partial charge is 0.335 e. The first-order chi connectivity index (χ1) is 15.3. The second-order valence-corrected chi connectivity index (χ2v) is 8.48. The summed E-state index contributed by atoms with van der Waals surface area (Å²) >= 11 is 6.42. The highest BCUT2D eigenvalue weighted by Gasteiger charge is 2.34. The van der Waals surface area contributed by atoms with Crippen LogP contribution in [0.15, 0.2) is 63.9 Å². The molecule has 3 aromatic rings. The van der Waals surface area contributed by atoms with Gasteiger partial charge in [-0.3, -0.25) is 19.8 Å². The van der Waals surface area contributed by atoms with Crippen molar-refractivity contribution in [2.45, 2.75) is 6.92 Å². The number of hydrogen-bond donors (Lipinski definition) is 1. The van der Waals surface area contributed by atoms with Crippen molar-refractivity contribution < 1.29 is 24.0 Å². The van der Waals surface area contributed by atoms with Crippen LogP contribution in [0.4, 0.5) is 11.4 Å². The third-order valence-corrected chi connectivity index (χ3v) is 6.06. The number of nitro groups is 1. The number of nitro benzene ring substituents is 1. The number of thioether (sulfide) groups is 1. The van der Waals surface area contributed by atoms with E-state index in [0.29, 0.717) is 33.2 Å². The fraction of sp³-hybridized carbons (Fsp3) is 0.0455. The van der Waals surface area contributed by atoms with Gasteiger partial charge in [0.25, 0.3) is 11.6 Å². The first-order valence-corrected chi connectivity index (χ1v) is 10.4. The van der Waals surface area contributed by atoms with E-state index in [1.54, 1.807) is 43.3 Å². The first kappa shape index (κ1) is 21.5. The molecule has 0 spiro atoms. The Morgan fingerprint density at radius 2 is 1.97 bits per heavy atom. The van der Waals surface area contributed by atoms with Gasteiger partial charge in [0.2, 0.25) is 0 Å². The molecule has 1 aliphatic heterocycles. The molecule has 10 heteroatoms. The van der Waals surface area contributed by atoms with Crippen molar-refractivity contribution in [1.82, 2.24) is 0 Å². The van der Waals surface area contributed by atoms with E-state index in [9.17, 15) is 24.8 Å². The maximum Gasteiger partial charge on any atom is 0.335 e. The molecule has 0 radical (unpaired) electrons. The summed E-state index contributed by atoms with van der Waals surface area (Å²) in [5.74, 6) is -0.890. The molecule has 160 valence electrons. The lowest BCUT2D eigenvalue weighted by molar-refractivity contribution is -0.384. The maximum atomic E-state index is 13.0. The van der Waals surface area contributed by atoms with Crippen LogP contribution >= 0.6 is 24.0 Å². The van der Waals surface area contributed by atoms with Crippen molar-refractivity contribution in [3.05, 3.63) is 86.5 Å². The van der Waals surface area contributed by atoms with Gasteiger partial charge in [0.1, 0.15) is 11.5 Å². The van der Waals surface area contributed by atoms with Crippen LogP contribution in [0.25, 0.3) is 17.4 Å². The lowest BCUT2D eigenvalue weighted by atomic mass is 10.1. The number of aromatic carboxylic acids is 1. The molecule has 1 N–H and O–H groups in total. The molecule has 0 unspecified atom stereocenters. The molecule has 0 atom stereocenters. The van der Waals surface area contributed by atoms with Crippen LogP contribution in [0, 0.1) is 17.0 Å². The zero-order valence-electron chi connectivity index (χ0n) is 16.5. The van der Waals surface area contributed by atoms with Gasteiger partial charge in [-0.15, -0.1) is 0 Å². The van der Waals surface area contributed by atoms with Crippen LogP contribution in [0.2, 0.25) is 0 Å². The van der Waals surface area contributed by atoms with E-state index < -0.39 is 16.8 Å². The zero-order chi connectivity index (χ0) is 23.0. The normalized spacial score (nSPS) is 14.9. The lowest BCUT2D eigenvalue weighted by Gasteiger charge is -2.17. The summed E-state index contributed by atoms with van der Waals surface area (Å²) in [5, 5.41) is 20.5. The van der Waals surface area contributed by atoms with Crippen LogP contribution in [-0.4, -0.2) is 26.2 Å². The van der Waals surface area contributed by atoms with Crippen LogP contribution in [0.1, 0.15) is 21.7 Å². The van der Waals surface area contributed by atoms with Gasteiger partial charge in [0.05, 0.1) is 26.6 Å². The number of carboxylic acid groups (broad SMARTS) is 1. The lowest BCUT2D eigenvalue weighted by Crippen LogP contribution is -2.28. The molecule has 1 fully saturated rings. The predicted octanol–water partition coefficient (Wildman–Crippen LogP) is 5.27. The number of rotatable bonds is 5. The van der Waals surface area contributed by atoms with Gasteiger partial charge in [-0.05, 0) is 42.8 Å². The average Bonchev–Trinajstić information content (AvgIpc) is 3.33. The van der Waals surface area contributed by atoms with Crippen molar-refractivity contribution in [2.24, 2.45) is 0 Å². The Hall–Kier alpha value is -3.76. The van der Waals surface area contributed by atoms with Gasteiger partial charge >= 0.3 is 5.97 Å². The van der Waals surface area contributed by atoms with Crippen LogP contribution in [-0.2, 0) is 4.79 Å². The molecule has 2 aromatic carbocycles. The summed E-state index contributed by atoms with van der Waals surface area (Å²) in [6.45, 7) is 1.76. The summed E-state index contributed by atoms with van der Waals surface area (Å²) in [7, 11) is 0. The molecule has 1 amide bonds. The maximum absolute atomic E-state index is 13.0. The topological polar surface area (TPSA) is 114 Å². The fourth-order valence-corrected chi connectivity index (χ4v) is 4.47. The number of thiocarbonyl (C=S) groups is 1. The summed E-state index contributed by atoms with van der Waals surface area (Å²) in [6, 6.07) is 13.9. The zero-order valence-corrected chi connectivity index (χ0v) is 18.1. The Morgan fingerprint density at radius 1 is 1.22 bits per heavy atom. The molecule has 0 bridgehead atoms. The Kier molecular flexibility index (Phi) is 5.64. The highest BCUT2D eigenvalue weighted by atomic mass is 32.2. The van der Waals surface area contributed by atoms with Gasteiger partial charge in [-0.25, -0.2) is 4.79 Å². The SMILES string of the molecule is Cc1ccc(C(=O)O)cc1N1C(=O)C(=Cc2ccc(-c3ccccc3[N+](=O)[O-])o2)SC1=S. The Labute approximate surface area is 191 Å². The number of benzene rings is 2. The number of carboxylic acids is 1. The van der Waals surface area contributed by atoms with Crippen molar-refractivity contribution >= 4 is 57.6 Å². The number of carbonyl (C=O) groups excluding carboxylic acids is 1. The monoisotopic (exact) mass is 466 g/mol. The molecule has 0 saturated carbocycles. The van der Waals surface area contributed by atoms with Crippen molar-refractivity contribution in [3.8, 4) is 11.3 Å². The average molecular weight is 466 g/mol. The molecule has 1 aromatic heterocycles. The Bertz CT molecular complexity index is 1330. The fourth-order valence-electron chi connectivity index (χ4n) is 3.20. The summed E-state index contributed by atoms with van der Waals surface area (Å²) < 4.78 is 6.00. The number of para-hydroxylation sites is 1. The first-order valence-electron chi connectivity index (χ1n) is 9.22. The van der Waals surface area contributed by atoms with E-state index in [0.717, 1.165) is 11.8 Å². The predicted molar refractivity (Wildman–Crippen MR) is 125 cm³/mol. The van der Waals surface area contributed by atoms with Gasteiger partial charge < -0.3 is 9.52 Å². The van der Waals surface area contributed by atoms with Crippen LogP contribution < -0.4 is 4.90 Å². The highest BCUT2D eigenvalue weighted by Crippen LogP contribution is 2.38. The molecular weight excluding hydrogens is 452 g/mol. The molecule has 2 heterocycles. The second-order valence-electron chi connectivity index (χ2n) is 6.80. The Balaban J connectivity index is 1.66. The van der Waals surface area contributed by atoms with Crippen molar-refractivity contribution in [3.63, 3.8) is 0 Å². The largest absolute Gasteiger partial charge is 0.478 e. The minimum absolute atomic E-state index is 0.0451. The third-order valence-electron chi connectivity index (χ3n) is 4.76. The molecule has 1 aliphatic rings. The third kappa shape index (κ3) is 3.93. The van der Waals surface area contributed by atoms with Gasteiger partial charge in [-0.1, -0.05) is 42.2 Å². The van der Waals surface area contributed by atoms with Crippen molar-refractivity contribution in [2.75, 3.05) is 4.90 Å². The van der Waals surface area contributed by atoms with Gasteiger partial charge in [-0.2, -0.15) is 0 Å². The summed E-state index contributed by atoms with van der Waals surface area (Å²) in [6.07, 6.45) is 1.51. The number of anilines is 1. The molecule has 8 nitrogen and oxygen atoms in total. The van der Waals surface area contributed by atoms with E-state index in [-0.39, 0.29) is 15.6 Å². The minimum Gasteiger partial charge on any atom is -0.478 e.